The van der Waals surface area contributed by atoms with Gasteiger partial charge in [-0.3, -0.25) is 0 Å². The summed E-state index contributed by atoms with van der Waals surface area (Å²) in [6, 6.07) is 0.0294. The van der Waals surface area contributed by atoms with E-state index in [1.54, 1.807) is 23.9 Å². The van der Waals surface area contributed by atoms with Gasteiger partial charge in [-0.25, -0.2) is 4.79 Å². The molecule has 5 nitrogen and oxygen atoms in total. The maximum Gasteiger partial charge on any atom is 0.319 e. The SMILES string of the molecule is CN(C)C(=O)N1CCOC(CN)C1. The first kappa shape index (κ1) is 10.3. The highest BCUT2D eigenvalue weighted by Gasteiger charge is 2.23. The van der Waals surface area contributed by atoms with E-state index < -0.39 is 0 Å². The van der Waals surface area contributed by atoms with Gasteiger partial charge in [-0.15, -0.1) is 0 Å². The Morgan fingerprint density at radius 2 is 2.38 bits per heavy atom. The number of carbonyl (C=O) groups excluding carboxylic acids is 1. The van der Waals surface area contributed by atoms with E-state index in [0.717, 1.165) is 0 Å². The molecule has 2 amide bonds. The van der Waals surface area contributed by atoms with Crippen LogP contribution >= 0.6 is 0 Å². The maximum atomic E-state index is 11.5. The summed E-state index contributed by atoms with van der Waals surface area (Å²) >= 11 is 0. The predicted molar refractivity (Wildman–Crippen MR) is 49.5 cm³/mol. The average Bonchev–Trinajstić information content (AvgIpc) is 2.16. The van der Waals surface area contributed by atoms with E-state index in [2.05, 4.69) is 0 Å². The molecule has 1 atom stereocenters. The minimum atomic E-state index is -0.00218. The topological polar surface area (TPSA) is 58.8 Å². The quantitative estimate of drug-likeness (QED) is 0.592. The third-order valence-corrected chi connectivity index (χ3v) is 2.05. The van der Waals surface area contributed by atoms with Crippen molar-refractivity contribution in [1.29, 1.82) is 0 Å². The van der Waals surface area contributed by atoms with E-state index in [-0.39, 0.29) is 12.1 Å². The van der Waals surface area contributed by atoms with Crippen molar-refractivity contribution in [3.63, 3.8) is 0 Å². The fraction of sp³-hybridized carbons (Fsp3) is 0.875. The molecule has 0 saturated carbocycles. The molecule has 0 radical (unpaired) electrons. The normalized spacial score (nSPS) is 23.0. The van der Waals surface area contributed by atoms with Gasteiger partial charge in [-0.2, -0.15) is 0 Å². The summed E-state index contributed by atoms with van der Waals surface area (Å²) < 4.78 is 5.35. The van der Waals surface area contributed by atoms with Crippen LogP contribution < -0.4 is 5.73 Å². The van der Waals surface area contributed by atoms with Gasteiger partial charge >= 0.3 is 6.03 Å². The van der Waals surface area contributed by atoms with Gasteiger partial charge in [0.25, 0.3) is 0 Å². The molecular weight excluding hydrogens is 170 g/mol. The monoisotopic (exact) mass is 187 g/mol. The summed E-state index contributed by atoms with van der Waals surface area (Å²) in [5.74, 6) is 0. The fourth-order valence-electron chi connectivity index (χ4n) is 1.32. The van der Waals surface area contributed by atoms with Crippen molar-refractivity contribution >= 4 is 6.03 Å². The molecule has 0 aromatic carbocycles. The van der Waals surface area contributed by atoms with Crippen molar-refractivity contribution in [3.05, 3.63) is 0 Å². The van der Waals surface area contributed by atoms with Gasteiger partial charge in [-0.1, -0.05) is 0 Å². The first-order valence-electron chi connectivity index (χ1n) is 4.43. The zero-order valence-electron chi connectivity index (χ0n) is 8.19. The molecule has 1 rings (SSSR count). The van der Waals surface area contributed by atoms with E-state index in [9.17, 15) is 4.79 Å². The molecule has 1 fully saturated rings. The van der Waals surface area contributed by atoms with E-state index >= 15 is 0 Å². The van der Waals surface area contributed by atoms with Crippen LogP contribution in [0.15, 0.2) is 0 Å². The molecular formula is C8H17N3O2. The van der Waals surface area contributed by atoms with Crippen LogP contribution in [0.4, 0.5) is 4.79 Å². The number of morpholine rings is 1. The molecule has 1 aliphatic rings. The van der Waals surface area contributed by atoms with Crippen molar-refractivity contribution in [1.82, 2.24) is 9.80 Å². The van der Waals surface area contributed by atoms with Crippen molar-refractivity contribution < 1.29 is 9.53 Å². The van der Waals surface area contributed by atoms with E-state index in [4.69, 9.17) is 10.5 Å². The van der Waals surface area contributed by atoms with Crippen LogP contribution in [0.25, 0.3) is 0 Å². The van der Waals surface area contributed by atoms with Gasteiger partial charge in [0.15, 0.2) is 0 Å². The van der Waals surface area contributed by atoms with E-state index in [1.165, 1.54) is 0 Å². The maximum absolute atomic E-state index is 11.5. The van der Waals surface area contributed by atoms with E-state index in [0.29, 0.717) is 26.2 Å². The van der Waals surface area contributed by atoms with Gasteiger partial charge in [0, 0.05) is 33.7 Å². The Balaban J connectivity index is 2.46. The third-order valence-electron chi connectivity index (χ3n) is 2.05. The van der Waals surface area contributed by atoms with Gasteiger partial charge in [0.05, 0.1) is 12.7 Å². The second-order valence-electron chi connectivity index (χ2n) is 3.35. The van der Waals surface area contributed by atoms with Gasteiger partial charge < -0.3 is 20.3 Å². The van der Waals surface area contributed by atoms with Crippen molar-refractivity contribution in [2.45, 2.75) is 6.10 Å². The van der Waals surface area contributed by atoms with Crippen LogP contribution in [-0.4, -0.2) is 62.3 Å². The van der Waals surface area contributed by atoms with Gasteiger partial charge in [-0.05, 0) is 0 Å². The van der Waals surface area contributed by atoms with Crippen molar-refractivity contribution in [2.75, 3.05) is 40.3 Å². The molecule has 0 spiro atoms. The predicted octanol–water partition coefficient (Wildman–Crippen LogP) is -0.672. The molecule has 0 aromatic heterocycles. The third kappa shape index (κ3) is 2.57. The average molecular weight is 187 g/mol. The number of hydrogen-bond acceptors (Lipinski definition) is 3. The number of carbonyl (C=O) groups is 1. The molecule has 1 aliphatic heterocycles. The van der Waals surface area contributed by atoms with Gasteiger partial charge in [0.1, 0.15) is 0 Å². The first-order valence-corrected chi connectivity index (χ1v) is 4.43. The number of nitrogens with zero attached hydrogens (tertiary/aromatic N) is 2. The number of hydrogen-bond donors (Lipinski definition) is 1. The molecule has 2 N–H and O–H groups in total. The molecule has 1 unspecified atom stereocenters. The van der Waals surface area contributed by atoms with Crippen molar-refractivity contribution in [3.8, 4) is 0 Å². The lowest BCUT2D eigenvalue weighted by Crippen LogP contribution is -2.51. The molecule has 0 aliphatic carbocycles. The number of ether oxygens (including phenoxy) is 1. The Morgan fingerprint density at radius 3 is 2.92 bits per heavy atom. The summed E-state index contributed by atoms with van der Waals surface area (Å²) in [5, 5.41) is 0. The van der Waals surface area contributed by atoms with Crippen LogP contribution in [0.3, 0.4) is 0 Å². The van der Waals surface area contributed by atoms with Crippen LogP contribution in [0.2, 0.25) is 0 Å². The lowest BCUT2D eigenvalue weighted by molar-refractivity contribution is -0.0122. The molecule has 13 heavy (non-hydrogen) atoms. The number of amides is 2. The molecule has 5 heteroatoms. The van der Waals surface area contributed by atoms with E-state index in [1.807, 2.05) is 0 Å². The fourth-order valence-corrected chi connectivity index (χ4v) is 1.32. The summed E-state index contributed by atoms with van der Waals surface area (Å²) in [4.78, 5) is 14.8. The number of nitrogens with two attached hydrogens (primary N) is 1. The minimum Gasteiger partial charge on any atom is -0.373 e. The molecule has 0 aromatic rings. The second kappa shape index (κ2) is 4.43. The Bertz CT molecular complexity index is 184. The molecule has 1 saturated heterocycles. The van der Waals surface area contributed by atoms with Crippen LogP contribution in [0.1, 0.15) is 0 Å². The Kier molecular flexibility index (Phi) is 3.50. The van der Waals surface area contributed by atoms with Crippen molar-refractivity contribution in [2.24, 2.45) is 5.73 Å². The highest BCUT2D eigenvalue weighted by molar-refractivity contribution is 5.73. The highest BCUT2D eigenvalue weighted by atomic mass is 16.5. The standard InChI is InChI=1S/C8H17N3O2/c1-10(2)8(12)11-3-4-13-7(5-9)6-11/h7H,3-6,9H2,1-2H3. The minimum absolute atomic E-state index is 0.00218. The Morgan fingerprint density at radius 1 is 1.69 bits per heavy atom. The lowest BCUT2D eigenvalue weighted by Gasteiger charge is -2.33. The molecule has 1 heterocycles. The second-order valence-corrected chi connectivity index (χ2v) is 3.35. The molecule has 0 bridgehead atoms. The highest BCUT2D eigenvalue weighted by Crippen LogP contribution is 2.05. The Labute approximate surface area is 78.4 Å². The zero-order valence-corrected chi connectivity index (χ0v) is 8.19. The summed E-state index contributed by atoms with van der Waals surface area (Å²) in [6.45, 7) is 2.32. The summed E-state index contributed by atoms with van der Waals surface area (Å²) in [7, 11) is 3.49. The smallest absolute Gasteiger partial charge is 0.319 e. The summed E-state index contributed by atoms with van der Waals surface area (Å²) in [5.41, 5.74) is 5.47. The van der Waals surface area contributed by atoms with Crippen LogP contribution in [0, 0.1) is 0 Å². The Hall–Kier alpha value is -0.810. The zero-order chi connectivity index (χ0) is 9.84. The number of rotatable bonds is 1. The lowest BCUT2D eigenvalue weighted by atomic mass is 10.3. The number of urea groups is 1. The van der Waals surface area contributed by atoms with Gasteiger partial charge in [0.2, 0.25) is 0 Å². The first-order chi connectivity index (χ1) is 6.15. The largest absolute Gasteiger partial charge is 0.373 e. The van der Waals surface area contributed by atoms with Crippen LogP contribution in [-0.2, 0) is 4.74 Å². The van der Waals surface area contributed by atoms with Crippen LogP contribution in [0.5, 0.6) is 0 Å². The summed E-state index contributed by atoms with van der Waals surface area (Å²) in [6.07, 6.45) is -0.00218. The molecule has 76 valence electrons.